The molecule has 126 valence electrons. The summed E-state index contributed by atoms with van der Waals surface area (Å²) in [6.07, 6.45) is -2.82. The van der Waals surface area contributed by atoms with E-state index in [2.05, 4.69) is 5.10 Å². The summed E-state index contributed by atoms with van der Waals surface area (Å²) < 4.78 is 56.3. The van der Waals surface area contributed by atoms with E-state index in [1.807, 2.05) is 0 Å². The third-order valence-corrected chi connectivity index (χ3v) is 4.30. The van der Waals surface area contributed by atoms with E-state index in [9.17, 15) is 17.2 Å². The van der Waals surface area contributed by atoms with Crippen LogP contribution in [0.1, 0.15) is 17.9 Å². The summed E-state index contributed by atoms with van der Waals surface area (Å²) in [7, 11) is -4.07. The molecule has 2 heterocycles. The summed E-state index contributed by atoms with van der Waals surface area (Å²) in [6.45, 7) is 1.70. The Kier molecular flexibility index (Phi) is 3.98. The molecular formula is C15H13F2N3O3S. The average molecular weight is 353 g/mol. The summed E-state index contributed by atoms with van der Waals surface area (Å²) in [5.41, 5.74) is -0.228. The quantitative estimate of drug-likeness (QED) is 0.780. The molecule has 2 N–H and O–H groups in total. The highest BCUT2D eigenvalue weighted by Crippen LogP contribution is 2.31. The topological polar surface area (TPSA) is 91.1 Å². The van der Waals surface area contributed by atoms with E-state index in [0.29, 0.717) is 5.76 Å². The zero-order valence-corrected chi connectivity index (χ0v) is 13.3. The van der Waals surface area contributed by atoms with Gasteiger partial charge in [0.15, 0.2) is 5.76 Å². The van der Waals surface area contributed by atoms with Gasteiger partial charge in [0.2, 0.25) is 10.0 Å². The van der Waals surface area contributed by atoms with Gasteiger partial charge < -0.3 is 4.42 Å². The molecule has 0 fully saturated rings. The number of hydrogen-bond donors (Lipinski definition) is 1. The Bertz CT molecular complexity index is 993. The third kappa shape index (κ3) is 2.95. The SMILES string of the molecule is Cc1ccc(-c2cc(C(F)F)nn2-c2ccccc2S(N)(=O)=O)o1. The number of aromatic nitrogens is 2. The lowest BCUT2D eigenvalue weighted by molar-refractivity contribution is 0.145. The highest BCUT2D eigenvalue weighted by Gasteiger charge is 2.23. The van der Waals surface area contributed by atoms with Crippen LogP contribution in [0.2, 0.25) is 0 Å². The molecule has 0 atom stereocenters. The van der Waals surface area contributed by atoms with Crippen LogP contribution in [-0.4, -0.2) is 18.2 Å². The second-order valence-electron chi connectivity index (χ2n) is 5.09. The normalized spacial score (nSPS) is 12.0. The van der Waals surface area contributed by atoms with Gasteiger partial charge in [-0.05, 0) is 37.3 Å². The molecule has 3 rings (SSSR count). The number of sulfonamides is 1. The van der Waals surface area contributed by atoms with Gasteiger partial charge in [-0.15, -0.1) is 0 Å². The lowest BCUT2D eigenvalue weighted by Crippen LogP contribution is -2.16. The Labute approximate surface area is 136 Å². The largest absolute Gasteiger partial charge is 0.460 e. The number of rotatable bonds is 4. The number of alkyl halides is 2. The molecule has 0 unspecified atom stereocenters. The Balaban J connectivity index is 2.29. The van der Waals surface area contributed by atoms with Crippen molar-refractivity contribution in [1.29, 1.82) is 0 Å². The Morgan fingerprint density at radius 3 is 2.50 bits per heavy atom. The van der Waals surface area contributed by atoms with Crippen LogP contribution in [0, 0.1) is 6.92 Å². The molecule has 0 spiro atoms. The highest BCUT2D eigenvalue weighted by molar-refractivity contribution is 7.89. The van der Waals surface area contributed by atoms with E-state index >= 15 is 0 Å². The van der Waals surface area contributed by atoms with E-state index in [-0.39, 0.29) is 22.0 Å². The van der Waals surface area contributed by atoms with Gasteiger partial charge in [0, 0.05) is 0 Å². The molecule has 9 heteroatoms. The molecule has 0 aliphatic heterocycles. The Morgan fingerprint density at radius 1 is 1.21 bits per heavy atom. The molecule has 1 aromatic carbocycles. The summed E-state index contributed by atoms with van der Waals surface area (Å²) in [4.78, 5) is -0.224. The molecule has 0 bridgehead atoms. The number of primary sulfonamides is 1. The van der Waals surface area contributed by atoms with Crippen molar-refractivity contribution in [2.24, 2.45) is 5.14 Å². The van der Waals surface area contributed by atoms with Crippen molar-refractivity contribution < 1.29 is 21.6 Å². The van der Waals surface area contributed by atoms with Crippen molar-refractivity contribution in [3.05, 3.63) is 53.9 Å². The van der Waals surface area contributed by atoms with Gasteiger partial charge in [0.25, 0.3) is 6.43 Å². The molecule has 0 radical (unpaired) electrons. The van der Waals surface area contributed by atoms with Gasteiger partial charge in [-0.1, -0.05) is 12.1 Å². The predicted octanol–water partition coefficient (Wildman–Crippen LogP) is 3.03. The van der Waals surface area contributed by atoms with Crippen LogP contribution in [0.25, 0.3) is 17.1 Å². The molecule has 0 aliphatic rings. The number of hydrogen-bond acceptors (Lipinski definition) is 4. The minimum atomic E-state index is -4.07. The summed E-state index contributed by atoms with van der Waals surface area (Å²) >= 11 is 0. The average Bonchev–Trinajstić information content (AvgIpc) is 3.12. The van der Waals surface area contributed by atoms with Crippen molar-refractivity contribution in [2.45, 2.75) is 18.2 Å². The lowest BCUT2D eigenvalue weighted by Gasteiger charge is -2.10. The fraction of sp³-hybridized carbons (Fsp3) is 0.133. The van der Waals surface area contributed by atoms with Crippen molar-refractivity contribution in [3.63, 3.8) is 0 Å². The van der Waals surface area contributed by atoms with Gasteiger partial charge >= 0.3 is 0 Å². The summed E-state index contributed by atoms with van der Waals surface area (Å²) in [6, 6.07) is 10.2. The van der Waals surface area contributed by atoms with Crippen LogP contribution < -0.4 is 5.14 Å². The number of halogens is 2. The third-order valence-electron chi connectivity index (χ3n) is 3.34. The molecule has 24 heavy (non-hydrogen) atoms. The highest BCUT2D eigenvalue weighted by atomic mass is 32.2. The number of nitrogens with zero attached hydrogens (tertiary/aromatic N) is 2. The number of furan rings is 1. The van der Waals surface area contributed by atoms with Crippen molar-refractivity contribution in [3.8, 4) is 17.1 Å². The first kappa shape index (κ1) is 16.3. The Morgan fingerprint density at radius 2 is 1.92 bits per heavy atom. The summed E-state index contributed by atoms with van der Waals surface area (Å²) in [5.74, 6) is 0.868. The van der Waals surface area contributed by atoms with Crippen molar-refractivity contribution >= 4 is 10.0 Å². The zero-order chi connectivity index (χ0) is 17.5. The lowest BCUT2D eigenvalue weighted by atomic mass is 10.2. The fourth-order valence-corrected chi connectivity index (χ4v) is 3.02. The van der Waals surface area contributed by atoms with Crippen molar-refractivity contribution in [1.82, 2.24) is 9.78 Å². The first-order valence-electron chi connectivity index (χ1n) is 6.84. The number of benzene rings is 1. The zero-order valence-electron chi connectivity index (χ0n) is 12.5. The number of aryl methyl sites for hydroxylation is 1. The van der Waals surface area contributed by atoms with Gasteiger partial charge in [-0.2, -0.15) is 5.10 Å². The van der Waals surface area contributed by atoms with E-state index in [1.54, 1.807) is 25.1 Å². The molecule has 0 saturated carbocycles. The van der Waals surface area contributed by atoms with Crippen LogP contribution in [0.15, 0.2) is 51.8 Å². The molecular weight excluding hydrogens is 340 g/mol. The fourth-order valence-electron chi connectivity index (χ4n) is 2.31. The van der Waals surface area contributed by atoms with E-state index in [1.165, 1.54) is 18.2 Å². The van der Waals surface area contributed by atoms with Crippen LogP contribution in [0.4, 0.5) is 8.78 Å². The summed E-state index contributed by atoms with van der Waals surface area (Å²) in [5, 5.41) is 9.04. The van der Waals surface area contributed by atoms with Gasteiger partial charge in [-0.3, -0.25) is 0 Å². The van der Waals surface area contributed by atoms with Gasteiger partial charge in [-0.25, -0.2) is 27.0 Å². The van der Waals surface area contributed by atoms with Gasteiger partial charge in [0.1, 0.15) is 22.0 Å². The van der Waals surface area contributed by atoms with E-state index < -0.39 is 22.1 Å². The van der Waals surface area contributed by atoms with E-state index in [0.717, 1.165) is 10.7 Å². The predicted molar refractivity (Wildman–Crippen MR) is 82.3 cm³/mol. The van der Waals surface area contributed by atoms with E-state index in [4.69, 9.17) is 9.56 Å². The first-order chi connectivity index (χ1) is 11.3. The molecule has 0 amide bonds. The molecule has 3 aromatic rings. The van der Waals surface area contributed by atoms with Crippen LogP contribution >= 0.6 is 0 Å². The maximum Gasteiger partial charge on any atom is 0.282 e. The molecule has 0 aliphatic carbocycles. The Hall–Kier alpha value is -2.52. The molecule has 6 nitrogen and oxygen atoms in total. The molecule has 0 saturated heterocycles. The molecule has 2 aromatic heterocycles. The number of para-hydroxylation sites is 1. The second-order valence-corrected chi connectivity index (χ2v) is 6.62. The van der Waals surface area contributed by atoms with Crippen LogP contribution in [0.3, 0.4) is 0 Å². The first-order valence-corrected chi connectivity index (χ1v) is 8.39. The van der Waals surface area contributed by atoms with Crippen LogP contribution in [0.5, 0.6) is 0 Å². The van der Waals surface area contributed by atoms with Crippen molar-refractivity contribution in [2.75, 3.05) is 0 Å². The number of nitrogens with two attached hydrogens (primary N) is 1. The maximum absolute atomic E-state index is 13.1. The monoisotopic (exact) mass is 353 g/mol. The maximum atomic E-state index is 13.1. The minimum absolute atomic E-state index is 0.0657. The minimum Gasteiger partial charge on any atom is -0.460 e. The second kappa shape index (κ2) is 5.84. The smallest absolute Gasteiger partial charge is 0.282 e. The van der Waals surface area contributed by atoms with Crippen LogP contribution in [-0.2, 0) is 10.0 Å². The standard InChI is InChI=1S/C15H13F2N3O3S/c1-9-6-7-13(23-9)12-8-10(15(16)17)19-20(12)11-4-2-3-5-14(11)24(18,21)22/h2-8,15H,1H3,(H2,18,21,22). The van der Waals surface area contributed by atoms with Gasteiger partial charge in [0.05, 0.1) is 5.69 Å².